The molecule has 0 bridgehead atoms. The summed E-state index contributed by atoms with van der Waals surface area (Å²) in [5, 5.41) is 10.7. The molecule has 106 valence electrons. The van der Waals surface area contributed by atoms with Crippen molar-refractivity contribution in [1.29, 1.82) is 0 Å². The number of rotatable bonds is 3. The maximum Gasteiger partial charge on any atom is 0.270 e. The number of non-ortho nitro benzene ring substituents is 1. The second-order valence-electron chi connectivity index (χ2n) is 4.40. The Hall–Kier alpha value is -2.83. The molecule has 0 aliphatic carbocycles. The van der Waals surface area contributed by atoms with Gasteiger partial charge in [-0.2, -0.15) is 0 Å². The third-order valence-corrected chi connectivity index (χ3v) is 3.17. The molecule has 0 saturated heterocycles. The number of hydrogen-bond donors (Lipinski definition) is 0. The standard InChI is InChI=1S/C14H9F2N3O2/c15-14(16)10-7-9(19(20)21)5-6-12(10)18-8-17-11-3-1-2-4-13(11)18/h1-8,14H. The van der Waals surface area contributed by atoms with Gasteiger partial charge in [0.25, 0.3) is 12.1 Å². The molecule has 21 heavy (non-hydrogen) atoms. The van der Waals surface area contributed by atoms with Crippen LogP contribution in [0.2, 0.25) is 0 Å². The fraction of sp³-hybridized carbons (Fsp3) is 0.0714. The Morgan fingerprint density at radius 3 is 2.67 bits per heavy atom. The Balaban J connectivity index is 2.24. The highest BCUT2D eigenvalue weighted by atomic mass is 19.3. The number of nitrogens with zero attached hydrogens (tertiary/aromatic N) is 3. The second kappa shape index (κ2) is 4.93. The van der Waals surface area contributed by atoms with Gasteiger partial charge in [-0.3, -0.25) is 14.7 Å². The van der Waals surface area contributed by atoms with E-state index >= 15 is 0 Å². The first-order chi connectivity index (χ1) is 10.1. The number of nitro groups is 1. The van der Waals surface area contributed by atoms with Crippen molar-refractivity contribution in [2.24, 2.45) is 0 Å². The van der Waals surface area contributed by atoms with E-state index in [2.05, 4.69) is 4.98 Å². The van der Waals surface area contributed by atoms with Crippen molar-refractivity contribution in [2.45, 2.75) is 6.43 Å². The molecule has 3 aromatic rings. The molecule has 0 spiro atoms. The summed E-state index contributed by atoms with van der Waals surface area (Å²) < 4.78 is 27.9. The number of imidazole rings is 1. The average Bonchev–Trinajstić information content (AvgIpc) is 2.90. The minimum atomic E-state index is -2.82. The van der Waals surface area contributed by atoms with Gasteiger partial charge >= 0.3 is 0 Å². The van der Waals surface area contributed by atoms with Crippen molar-refractivity contribution in [2.75, 3.05) is 0 Å². The first-order valence-electron chi connectivity index (χ1n) is 6.07. The fourth-order valence-electron chi connectivity index (χ4n) is 2.20. The van der Waals surface area contributed by atoms with Gasteiger partial charge in [-0.05, 0) is 18.2 Å². The molecule has 0 aliphatic rings. The summed E-state index contributed by atoms with van der Waals surface area (Å²) >= 11 is 0. The van der Waals surface area contributed by atoms with E-state index in [0.29, 0.717) is 11.0 Å². The summed E-state index contributed by atoms with van der Waals surface area (Å²) in [6.07, 6.45) is -1.39. The molecule has 0 aliphatic heterocycles. The summed E-state index contributed by atoms with van der Waals surface area (Å²) in [7, 11) is 0. The third kappa shape index (κ3) is 2.22. The molecule has 3 rings (SSSR count). The third-order valence-electron chi connectivity index (χ3n) is 3.17. The number of fused-ring (bicyclic) bond motifs is 1. The lowest BCUT2D eigenvalue weighted by atomic mass is 10.1. The van der Waals surface area contributed by atoms with E-state index in [4.69, 9.17) is 0 Å². The molecular formula is C14H9F2N3O2. The van der Waals surface area contributed by atoms with Gasteiger partial charge in [-0.25, -0.2) is 13.8 Å². The molecule has 0 N–H and O–H groups in total. The molecule has 0 radical (unpaired) electrons. The summed E-state index contributed by atoms with van der Waals surface area (Å²) in [5.74, 6) is 0. The van der Waals surface area contributed by atoms with Gasteiger partial charge in [0.1, 0.15) is 6.33 Å². The maximum absolute atomic E-state index is 13.2. The highest BCUT2D eigenvalue weighted by molar-refractivity contribution is 5.77. The Morgan fingerprint density at radius 2 is 1.95 bits per heavy atom. The van der Waals surface area contributed by atoms with Crippen molar-refractivity contribution >= 4 is 16.7 Å². The Kier molecular flexibility index (Phi) is 3.09. The first-order valence-corrected chi connectivity index (χ1v) is 6.07. The zero-order chi connectivity index (χ0) is 15.0. The van der Waals surface area contributed by atoms with Crippen molar-refractivity contribution in [1.82, 2.24) is 9.55 Å². The summed E-state index contributed by atoms with van der Waals surface area (Å²) in [6.45, 7) is 0. The molecule has 5 nitrogen and oxygen atoms in total. The lowest BCUT2D eigenvalue weighted by Crippen LogP contribution is -2.00. The topological polar surface area (TPSA) is 61.0 Å². The van der Waals surface area contributed by atoms with Gasteiger partial charge in [0.15, 0.2) is 0 Å². The predicted molar refractivity (Wildman–Crippen MR) is 72.7 cm³/mol. The van der Waals surface area contributed by atoms with E-state index < -0.39 is 16.9 Å². The Labute approximate surface area is 117 Å². The first kappa shape index (κ1) is 13.2. The van der Waals surface area contributed by atoms with E-state index in [1.165, 1.54) is 23.0 Å². The molecule has 2 aromatic carbocycles. The van der Waals surface area contributed by atoms with E-state index in [1.54, 1.807) is 24.3 Å². The van der Waals surface area contributed by atoms with Crippen LogP contribution in [0.25, 0.3) is 16.7 Å². The predicted octanol–water partition coefficient (Wildman–Crippen LogP) is 3.87. The second-order valence-corrected chi connectivity index (χ2v) is 4.40. The van der Waals surface area contributed by atoms with Crippen LogP contribution in [0.4, 0.5) is 14.5 Å². The average molecular weight is 289 g/mol. The molecule has 0 atom stereocenters. The van der Waals surface area contributed by atoms with Gasteiger partial charge in [0.05, 0.1) is 21.6 Å². The Bertz CT molecular complexity index is 830. The van der Waals surface area contributed by atoms with Crippen LogP contribution in [0.3, 0.4) is 0 Å². The molecule has 0 saturated carbocycles. The van der Waals surface area contributed by atoms with Gasteiger partial charge in [0, 0.05) is 17.7 Å². The largest absolute Gasteiger partial charge is 0.298 e. The molecule has 1 heterocycles. The van der Waals surface area contributed by atoms with E-state index in [1.807, 2.05) is 0 Å². The molecular weight excluding hydrogens is 280 g/mol. The van der Waals surface area contributed by atoms with E-state index in [0.717, 1.165) is 6.07 Å². The number of benzene rings is 2. The van der Waals surface area contributed by atoms with Gasteiger partial charge in [0.2, 0.25) is 0 Å². The van der Waals surface area contributed by atoms with Crippen LogP contribution in [-0.2, 0) is 0 Å². The minimum absolute atomic E-state index is 0.185. The van der Waals surface area contributed by atoms with Crippen molar-refractivity contribution in [3.05, 3.63) is 64.5 Å². The van der Waals surface area contributed by atoms with E-state index in [9.17, 15) is 18.9 Å². The summed E-state index contributed by atoms with van der Waals surface area (Å²) in [5.41, 5.74) is 0.749. The molecule has 7 heteroatoms. The van der Waals surface area contributed by atoms with Gasteiger partial charge < -0.3 is 0 Å². The van der Waals surface area contributed by atoms with Gasteiger partial charge in [-0.15, -0.1) is 0 Å². The monoisotopic (exact) mass is 289 g/mol. The van der Waals surface area contributed by atoms with Crippen molar-refractivity contribution < 1.29 is 13.7 Å². The highest BCUT2D eigenvalue weighted by Gasteiger charge is 2.20. The number of nitro benzene ring substituents is 1. The van der Waals surface area contributed by atoms with Crippen LogP contribution in [0.5, 0.6) is 0 Å². The van der Waals surface area contributed by atoms with E-state index in [-0.39, 0.29) is 11.4 Å². The van der Waals surface area contributed by atoms with Crippen LogP contribution in [0.1, 0.15) is 12.0 Å². The van der Waals surface area contributed by atoms with Gasteiger partial charge in [-0.1, -0.05) is 12.1 Å². The SMILES string of the molecule is O=[N+]([O-])c1ccc(-n2cnc3ccccc32)c(C(F)F)c1. The quantitative estimate of drug-likeness (QED) is 0.543. The lowest BCUT2D eigenvalue weighted by Gasteiger charge is -2.10. The van der Waals surface area contributed by atoms with Crippen LogP contribution < -0.4 is 0 Å². The summed E-state index contributed by atoms with van der Waals surface area (Å²) in [4.78, 5) is 14.2. The number of aromatic nitrogens is 2. The maximum atomic E-state index is 13.2. The number of hydrogen-bond acceptors (Lipinski definition) is 3. The molecule has 0 amide bonds. The molecule has 1 aromatic heterocycles. The van der Waals surface area contributed by atoms with Crippen LogP contribution in [0, 0.1) is 10.1 Å². The Morgan fingerprint density at radius 1 is 1.19 bits per heavy atom. The highest BCUT2D eigenvalue weighted by Crippen LogP contribution is 2.31. The molecule has 0 unspecified atom stereocenters. The fourth-order valence-corrected chi connectivity index (χ4v) is 2.20. The zero-order valence-electron chi connectivity index (χ0n) is 10.6. The van der Waals surface area contributed by atoms with Crippen molar-refractivity contribution in [3.63, 3.8) is 0 Å². The number of halogens is 2. The summed E-state index contributed by atoms with van der Waals surface area (Å²) in [6, 6.07) is 10.5. The van der Waals surface area contributed by atoms with Crippen molar-refractivity contribution in [3.8, 4) is 5.69 Å². The zero-order valence-corrected chi connectivity index (χ0v) is 10.6. The minimum Gasteiger partial charge on any atom is -0.298 e. The molecule has 0 fully saturated rings. The number of alkyl halides is 2. The van der Waals surface area contributed by atoms with Crippen LogP contribution in [-0.4, -0.2) is 14.5 Å². The number of para-hydroxylation sites is 2. The lowest BCUT2D eigenvalue weighted by molar-refractivity contribution is -0.385. The van der Waals surface area contributed by atoms with Crippen LogP contribution in [0.15, 0.2) is 48.8 Å². The normalized spacial score (nSPS) is 11.2. The smallest absolute Gasteiger partial charge is 0.270 e. The van der Waals surface area contributed by atoms with Crippen LogP contribution >= 0.6 is 0 Å².